The zero-order valence-corrected chi connectivity index (χ0v) is 10.2. The Balaban J connectivity index is 1.86. The molecule has 0 heterocycles. The summed E-state index contributed by atoms with van der Waals surface area (Å²) < 4.78 is 0. The van der Waals surface area contributed by atoms with Crippen molar-refractivity contribution in [1.82, 2.24) is 5.32 Å². The molecular formula is C13H20N2O. The first-order valence-corrected chi connectivity index (χ1v) is 6.26. The van der Waals surface area contributed by atoms with Crippen LogP contribution in [0.4, 0.5) is 0 Å². The maximum Gasteiger partial charge on any atom is 0.240 e. The third-order valence-corrected chi connectivity index (χ3v) is 4.39. The number of nitrogens with one attached hydrogen (secondary N) is 1. The zero-order chi connectivity index (χ0) is 11.8. The third kappa shape index (κ3) is 1.93. The summed E-state index contributed by atoms with van der Waals surface area (Å²) in [5.74, 6) is 0.757. The molecule has 0 aromatic carbocycles. The van der Waals surface area contributed by atoms with Gasteiger partial charge in [-0.15, -0.1) is 0 Å². The molecule has 0 aliphatic heterocycles. The maximum absolute atomic E-state index is 11.9. The number of hydrogen-bond acceptors (Lipinski definition) is 2. The topological polar surface area (TPSA) is 52.9 Å². The lowest BCUT2D eigenvalue weighted by Crippen LogP contribution is -2.40. The monoisotopic (exact) mass is 220 g/mol. The second-order valence-electron chi connectivity index (χ2n) is 5.62. The van der Waals surface area contributed by atoms with Gasteiger partial charge in [-0.1, -0.05) is 6.92 Å². The molecule has 2 rings (SSSR count). The number of nitrogens with zero attached hydrogens (tertiary/aromatic N) is 1. The van der Waals surface area contributed by atoms with Gasteiger partial charge in [0.05, 0.1) is 6.07 Å². The molecule has 0 aromatic heterocycles. The SMILES string of the molecule is CCC(C)(C#N)C(=O)NCC1(C2CC2)CC1. The summed E-state index contributed by atoms with van der Waals surface area (Å²) in [4.78, 5) is 11.9. The van der Waals surface area contributed by atoms with Crippen LogP contribution in [0.5, 0.6) is 0 Å². The van der Waals surface area contributed by atoms with Crippen LogP contribution in [0.1, 0.15) is 46.0 Å². The fourth-order valence-corrected chi connectivity index (χ4v) is 2.33. The summed E-state index contributed by atoms with van der Waals surface area (Å²) >= 11 is 0. The summed E-state index contributed by atoms with van der Waals surface area (Å²) in [5, 5.41) is 12.0. The van der Waals surface area contributed by atoms with Crippen molar-refractivity contribution in [3.63, 3.8) is 0 Å². The van der Waals surface area contributed by atoms with Gasteiger partial charge in [0.15, 0.2) is 0 Å². The van der Waals surface area contributed by atoms with E-state index < -0.39 is 5.41 Å². The van der Waals surface area contributed by atoms with E-state index in [-0.39, 0.29) is 5.91 Å². The lowest BCUT2D eigenvalue weighted by Gasteiger charge is -2.21. The predicted octanol–water partition coefficient (Wildman–Crippen LogP) is 2.23. The van der Waals surface area contributed by atoms with E-state index in [9.17, 15) is 4.79 Å². The van der Waals surface area contributed by atoms with Crippen LogP contribution in [0.2, 0.25) is 0 Å². The number of hydrogen-bond donors (Lipinski definition) is 1. The van der Waals surface area contributed by atoms with Crippen LogP contribution >= 0.6 is 0 Å². The van der Waals surface area contributed by atoms with E-state index in [1.807, 2.05) is 6.92 Å². The largest absolute Gasteiger partial charge is 0.354 e. The summed E-state index contributed by atoms with van der Waals surface area (Å²) in [5.41, 5.74) is -0.431. The second kappa shape index (κ2) is 3.76. The van der Waals surface area contributed by atoms with Gasteiger partial charge < -0.3 is 5.32 Å². The molecule has 2 saturated carbocycles. The van der Waals surface area contributed by atoms with Crippen molar-refractivity contribution in [3.8, 4) is 6.07 Å². The van der Waals surface area contributed by atoms with Gasteiger partial charge in [-0.25, -0.2) is 0 Å². The number of amides is 1. The fraction of sp³-hybridized carbons (Fsp3) is 0.846. The zero-order valence-electron chi connectivity index (χ0n) is 10.2. The van der Waals surface area contributed by atoms with Crippen LogP contribution in [0.25, 0.3) is 0 Å². The molecule has 1 N–H and O–H groups in total. The minimum absolute atomic E-state index is 0.0931. The highest BCUT2D eigenvalue weighted by molar-refractivity contribution is 5.84. The van der Waals surface area contributed by atoms with Gasteiger partial charge in [0, 0.05) is 6.54 Å². The first-order valence-electron chi connectivity index (χ1n) is 6.26. The van der Waals surface area contributed by atoms with Crippen LogP contribution in [0.15, 0.2) is 0 Å². The molecule has 3 nitrogen and oxygen atoms in total. The van der Waals surface area contributed by atoms with Gasteiger partial charge >= 0.3 is 0 Å². The van der Waals surface area contributed by atoms with Crippen LogP contribution in [0.3, 0.4) is 0 Å². The van der Waals surface area contributed by atoms with Crippen LogP contribution in [-0.2, 0) is 4.79 Å². The second-order valence-corrected chi connectivity index (χ2v) is 5.62. The Morgan fingerprint density at radius 2 is 2.19 bits per heavy atom. The Kier molecular flexibility index (Phi) is 2.69. The van der Waals surface area contributed by atoms with Gasteiger partial charge in [-0.05, 0) is 50.4 Å². The van der Waals surface area contributed by atoms with E-state index in [0.29, 0.717) is 11.8 Å². The van der Waals surface area contributed by atoms with Crippen molar-refractivity contribution in [1.29, 1.82) is 5.26 Å². The standard InChI is InChI=1S/C13H20N2O/c1-3-12(2,8-14)11(16)15-9-13(6-7-13)10-4-5-10/h10H,3-7,9H2,1-2H3,(H,15,16). The van der Waals surface area contributed by atoms with Crippen LogP contribution in [-0.4, -0.2) is 12.5 Å². The Bertz CT molecular complexity index is 336. The highest BCUT2D eigenvalue weighted by atomic mass is 16.2. The van der Waals surface area contributed by atoms with E-state index >= 15 is 0 Å². The highest BCUT2D eigenvalue weighted by Crippen LogP contribution is 2.60. The minimum atomic E-state index is -0.848. The molecule has 1 amide bonds. The molecule has 2 aliphatic carbocycles. The molecule has 88 valence electrons. The molecule has 1 unspecified atom stereocenters. The van der Waals surface area contributed by atoms with Crippen molar-refractivity contribution >= 4 is 5.91 Å². The van der Waals surface area contributed by atoms with Gasteiger partial charge in [-0.3, -0.25) is 4.79 Å². The van der Waals surface area contributed by atoms with E-state index in [0.717, 1.165) is 12.5 Å². The van der Waals surface area contributed by atoms with E-state index in [4.69, 9.17) is 5.26 Å². The number of nitriles is 1. The molecule has 2 aliphatic rings. The third-order valence-electron chi connectivity index (χ3n) is 4.39. The molecule has 0 bridgehead atoms. The van der Waals surface area contributed by atoms with E-state index in [2.05, 4.69) is 11.4 Å². The Hall–Kier alpha value is -1.04. The van der Waals surface area contributed by atoms with Gasteiger partial charge in [0.25, 0.3) is 0 Å². The Morgan fingerprint density at radius 3 is 2.56 bits per heavy atom. The quantitative estimate of drug-likeness (QED) is 0.772. The summed E-state index contributed by atoms with van der Waals surface area (Å²) in [7, 11) is 0. The van der Waals surface area contributed by atoms with Crippen LogP contribution < -0.4 is 5.32 Å². The number of carbonyl (C=O) groups excluding carboxylic acids is 1. The highest BCUT2D eigenvalue weighted by Gasteiger charge is 2.53. The Labute approximate surface area is 97.2 Å². The lowest BCUT2D eigenvalue weighted by molar-refractivity contribution is -0.127. The molecule has 16 heavy (non-hydrogen) atoms. The first-order chi connectivity index (χ1) is 7.56. The lowest BCUT2D eigenvalue weighted by atomic mass is 9.88. The molecule has 0 spiro atoms. The summed E-state index contributed by atoms with van der Waals surface area (Å²) in [6.45, 7) is 4.39. The maximum atomic E-state index is 11.9. The van der Waals surface area contributed by atoms with Crippen molar-refractivity contribution in [3.05, 3.63) is 0 Å². The van der Waals surface area contributed by atoms with Crippen molar-refractivity contribution in [2.45, 2.75) is 46.0 Å². The van der Waals surface area contributed by atoms with Crippen LogP contribution in [0, 0.1) is 28.1 Å². The first kappa shape index (κ1) is 11.4. The molecule has 0 aromatic rings. The molecule has 0 radical (unpaired) electrons. The average Bonchev–Trinajstić information content (AvgIpc) is 3.16. The normalized spacial score (nSPS) is 25.3. The summed E-state index contributed by atoms with van der Waals surface area (Å²) in [6.07, 6.45) is 5.75. The Morgan fingerprint density at radius 1 is 1.56 bits per heavy atom. The van der Waals surface area contributed by atoms with E-state index in [1.54, 1.807) is 6.92 Å². The molecule has 0 saturated heterocycles. The fourth-order valence-electron chi connectivity index (χ4n) is 2.33. The van der Waals surface area contributed by atoms with Gasteiger partial charge in [0.1, 0.15) is 5.41 Å². The number of carbonyl (C=O) groups is 1. The molecule has 3 heteroatoms. The van der Waals surface area contributed by atoms with Crippen molar-refractivity contribution < 1.29 is 4.79 Å². The van der Waals surface area contributed by atoms with Gasteiger partial charge in [-0.2, -0.15) is 5.26 Å². The van der Waals surface area contributed by atoms with E-state index in [1.165, 1.54) is 25.7 Å². The smallest absolute Gasteiger partial charge is 0.240 e. The predicted molar refractivity (Wildman–Crippen MR) is 61.4 cm³/mol. The van der Waals surface area contributed by atoms with Crippen molar-refractivity contribution in [2.24, 2.45) is 16.7 Å². The molecule has 2 fully saturated rings. The van der Waals surface area contributed by atoms with Gasteiger partial charge in [0.2, 0.25) is 5.91 Å². The molecular weight excluding hydrogens is 200 g/mol. The number of rotatable bonds is 5. The average molecular weight is 220 g/mol. The molecule has 1 atom stereocenters. The summed E-state index contributed by atoms with van der Waals surface area (Å²) in [6, 6.07) is 2.12. The minimum Gasteiger partial charge on any atom is -0.354 e. The van der Waals surface area contributed by atoms with Crippen molar-refractivity contribution in [2.75, 3.05) is 6.54 Å².